The highest BCUT2D eigenvalue weighted by Gasteiger charge is 2.27. The van der Waals surface area contributed by atoms with Crippen LogP contribution in [0.4, 0.5) is 11.4 Å². The number of aryl methyl sites for hydroxylation is 1. The van der Waals surface area contributed by atoms with E-state index in [1.165, 1.54) is 5.56 Å². The van der Waals surface area contributed by atoms with Gasteiger partial charge in [-0.2, -0.15) is 0 Å². The third-order valence-electron chi connectivity index (χ3n) is 4.10. The molecule has 1 aliphatic rings. The number of hydrogen-bond donors (Lipinski definition) is 1. The number of carbonyl (C=O) groups excluding carboxylic acids is 1. The molecule has 1 heterocycles. The molecular formula is C18H19BrN2O. The summed E-state index contributed by atoms with van der Waals surface area (Å²) in [6.45, 7) is 2.41. The predicted molar refractivity (Wildman–Crippen MR) is 94.3 cm³/mol. The van der Waals surface area contributed by atoms with Crippen molar-refractivity contribution in [2.75, 3.05) is 16.8 Å². The molecule has 1 N–H and O–H groups in total. The summed E-state index contributed by atoms with van der Waals surface area (Å²) >= 11 is 3.49. The fourth-order valence-electron chi connectivity index (χ4n) is 2.93. The molecule has 3 nitrogen and oxygen atoms in total. The third-order valence-corrected chi connectivity index (χ3v) is 4.79. The molecule has 0 aromatic heterocycles. The number of benzene rings is 2. The van der Waals surface area contributed by atoms with E-state index in [0.717, 1.165) is 28.7 Å². The van der Waals surface area contributed by atoms with Crippen LogP contribution in [-0.4, -0.2) is 18.5 Å². The Morgan fingerprint density at radius 2 is 1.95 bits per heavy atom. The molecule has 0 fully saturated rings. The Kier molecular flexibility index (Phi) is 4.48. The maximum atomic E-state index is 12.7. The molecule has 1 unspecified atom stereocenters. The molecular weight excluding hydrogens is 340 g/mol. The molecule has 22 heavy (non-hydrogen) atoms. The van der Waals surface area contributed by atoms with Crippen molar-refractivity contribution >= 4 is 33.2 Å². The highest BCUT2D eigenvalue weighted by molar-refractivity contribution is 9.10. The number of nitrogens with zero attached hydrogens (tertiary/aromatic N) is 1. The highest BCUT2D eigenvalue weighted by Crippen LogP contribution is 2.30. The molecule has 1 atom stereocenters. The minimum atomic E-state index is 0.107. The number of halogens is 1. The Balaban J connectivity index is 1.76. The summed E-state index contributed by atoms with van der Waals surface area (Å²) in [7, 11) is 0. The number of fused-ring (bicyclic) bond motifs is 1. The summed E-state index contributed by atoms with van der Waals surface area (Å²) in [5.74, 6) is 0.107. The first kappa shape index (κ1) is 15.1. The van der Waals surface area contributed by atoms with Crippen LogP contribution in [0.15, 0.2) is 53.0 Å². The lowest BCUT2D eigenvalue weighted by atomic mass is 9.96. The SMILES string of the molecule is CC1CCc2ccccc2N1C(=O)CNc1ccccc1Br. The van der Waals surface area contributed by atoms with Gasteiger partial charge >= 0.3 is 0 Å². The Bertz CT molecular complexity index is 686. The van der Waals surface area contributed by atoms with E-state index in [-0.39, 0.29) is 11.9 Å². The van der Waals surface area contributed by atoms with Crippen LogP contribution in [0.5, 0.6) is 0 Å². The number of nitrogens with one attached hydrogen (secondary N) is 1. The predicted octanol–water partition coefficient (Wildman–Crippen LogP) is 4.23. The van der Waals surface area contributed by atoms with Crippen molar-refractivity contribution in [2.24, 2.45) is 0 Å². The number of anilines is 2. The minimum Gasteiger partial charge on any atom is -0.375 e. The summed E-state index contributed by atoms with van der Waals surface area (Å²) in [5.41, 5.74) is 3.25. The second-order valence-electron chi connectivity index (χ2n) is 5.61. The molecule has 1 amide bonds. The molecule has 2 aromatic rings. The number of carbonyl (C=O) groups is 1. The normalized spacial score (nSPS) is 17.0. The molecule has 0 saturated carbocycles. The van der Waals surface area contributed by atoms with Crippen LogP contribution in [0.25, 0.3) is 0 Å². The van der Waals surface area contributed by atoms with Gasteiger partial charge in [-0.3, -0.25) is 4.79 Å². The lowest BCUT2D eigenvalue weighted by molar-refractivity contribution is -0.117. The van der Waals surface area contributed by atoms with Crippen molar-refractivity contribution in [2.45, 2.75) is 25.8 Å². The average molecular weight is 359 g/mol. The molecule has 1 aliphatic heterocycles. The van der Waals surface area contributed by atoms with Crippen LogP contribution in [0, 0.1) is 0 Å². The summed E-state index contributed by atoms with van der Waals surface area (Å²) in [5, 5.41) is 3.22. The fourth-order valence-corrected chi connectivity index (χ4v) is 3.35. The van der Waals surface area contributed by atoms with Gasteiger partial charge in [-0.15, -0.1) is 0 Å². The summed E-state index contributed by atoms with van der Waals surface area (Å²) in [6, 6.07) is 16.3. The van der Waals surface area contributed by atoms with Gasteiger partial charge in [-0.05, 0) is 59.5 Å². The van der Waals surface area contributed by atoms with Crippen molar-refractivity contribution in [1.82, 2.24) is 0 Å². The first-order valence-electron chi connectivity index (χ1n) is 7.55. The molecule has 0 aliphatic carbocycles. The minimum absolute atomic E-state index is 0.107. The maximum Gasteiger partial charge on any atom is 0.246 e. The van der Waals surface area contributed by atoms with Gasteiger partial charge in [0.2, 0.25) is 5.91 Å². The monoisotopic (exact) mass is 358 g/mol. The number of para-hydroxylation sites is 2. The summed E-state index contributed by atoms with van der Waals surface area (Å²) < 4.78 is 0.967. The van der Waals surface area contributed by atoms with Gasteiger partial charge in [0.05, 0.1) is 6.54 Å². The van der Waals surface area contributed by atoms with E-state index in [0.29, 0.717) is 6.54 Å². The molecule has 2 aromatic carbocycles. The largest absolute Gasteiger partial charge is 0.375 e. The van der Waals surface area contributed by atoms with Crippen molar-refractivity contribution in [3.63, 3.8) is 0 Å². The van der Waals surface area contributed by atoms with Gasteiger partial charge in [0, 0.05) is 21.9 Å². The second kappa shape index (κ2) is 6.53. The Hall–Kier alpha value is -1.81. The van der Waals surface area contributed by atoms with E-state index < -0.39 is 0 Å². The molecule has 3 rings (SSSR count). The van der Waals surface area contributed by atoms with E-state index in [1.54, 1.807) is 0 Å². The Morgan fingerprint density at radius 3 is 2.77 bits per heavy atom. The van der Waals surface area contributed by atoms with E-state index in [4.69, 9.17) is 0 Å². The zero-order chi connectivity index (χ0) is 15.5. The maximum absolute atomic E-state index is 12.7. The highest BCUT2D eigenvalue weighted by atomic mass is 79.9. The van der Waals surface area contributed by atoms with Crippen LogP contribution in [0.2, 0.25) is 0 Å². The van der Waals surface area contributed by atoms with Gasteiger partial charge < -0.3 is 10.2 Å². The second-order valence-corrected chi connectivity index (χ2v) is 6.47. The van der Waals surface area contributed by atoms with Gasteiger partial charge in [-0.25, -0.2) is 0 Å². The molecule has 0 radical (unpaired) electrons. The van der Waals surface area contributed by atoms with Gasteiger partial charge in [-0.1, -0.05) is 30.3 Å². The topological polar surface area (TPSA) is 32.3 Å². The fraction of sp³-hybridized carbons (Fsp3) is 0.278. The zero-order valence-electron chi connectivity index (χ0n) is 12.6. The van der Waals surface area contributed by atoms with E-state index in [1.807, 2.05) is 47.4 Å². The van der Waals surface area contributed by atoms with Crippen molar-refractivity contribution in [1.29, 1.82) is 0 Å². The first-order chi connectivity index (χ1) is 10.7. The van der Waals surface area contributed by atoms with Crippen LogP contribution in [0.3, 0.4) is 0 Å². The standard InChI is InChI=1S/C18H19BrN2O/c1-13-10-11-14-6-2-5-9-17(14)21(13)18(22)12-20-16-8-4-3-7-15(16)19/h2-9,13,20H,10-12H2,1H3. The smallest absolute Gasteiger partial charge is 0.246 e. The lowest BCUT2D eigenvalue weighted by Gasteiger charge is -2.35. The average Bonchev–Trinajstić information content (AvgIpc) is 2.53. The van der Waals surface area contributed by atoms with Crippen molar-refractivity contribution < 1.29 is 4.79 Å². The number of amides is 1. The molecule has 4 heteroatoms. The molecule has 0 spiro atoms. The number of rotatable bonds is 3. The van der Waals surface area contributed by atoms with E-state index in [9.17, 15) is 4.79 Å². The van der Waals surface area contributed by atoms with Crippen molar-refractivity contribution in [3.05, 3.63) is 58.6 Å². The summed E-state index contributed by atoms with van der Waals surface area (Å²) in [6.07, 6.45) is 2.05. The number of hydrogen-bond acceptors (Lipinski definition) is 2. The van der Waals surface area contributed by atoms with Crippen LogP contribution < -0.4 is 10.2 Å². The van der Waals surface area contributed by atoms with Crippen LogP contribution in [-0.2, 0) is 11.2 Å². The van der Waals surface area contributed by atoms with Gasteiger partial charge in [0.15, 0.2) is 0 Å². The van der Waals surface area contributed by atoms with Crippen molar-refractivity contribution in [3.8, 4) is 0 Å². The molecule has 114 valence electrons. The Morgan fingerprint density at radius 1 is 1.23 bits per heavy atom. The van der Waals surface area contributed by atoms with Crippen LogP contribution >= 0.6 is 15.9 Å². The summed E-state index contributed by atoms with van der Waals surface area (Å²) in [4.78, 5) is 14.6. The molecule has 0 saturated heterocycles. The van der Waals surface area contributed by atoms with Gasteiger partial charge in [0.1, 0.15) is 0 Å². The van der Waals surface area contributed by atoms with Crippen LogP contribution in [0.1, 0.15) is 18.9 Å². The first-order valence-corrected chi connectivity index (χ1v) is 8.34. The van der Waals surface area contributed by atoms with E-state index >= 15 is 0 Å². The van der Waals surface area contributed by atoms with Gasteiger partial charge in [0.25, 0.3) is 0 Å². The molecule has 0 bridgehead atoms. The Labute approximate surface area is 139 Å². The zero-order valence-corrected chi connectivity index (χ0v) is 14.1. The lowest BCUT2D eigenvalue weighted by Crippen LogP contribution is -2.44. The third kappa shape index (κ3) is 3.02. The quantitative estimate of drug-likeness (QED) is 0.890. The van der Waals surface area contributed by atoms with E-state index in [2.05, 4.69) is 34.2 Å².